The summed E-state index contributed by atoms with van der Waals surface area (Å²) in [7, 11) is 0. The molecule has 2 heterocycles. The summed E-state index contributed by atoms with van der Waals surface area (Å²) in [5, 5.41) is 11.6. The molecule has 0 aromatic carbocycles. The van der Waals surface area contributed by atoms with Crippen LogP contribution in [0.1, 0.15) is 41.6 Å². The average molecular weight is 323 g/mol. The SMILES string of the molecule is CC1CCc2onc(C(=O)NCCCn3cc(Cl)cn3)c2C1. The van der Waals surface area contributed by atoms with Crippen molar-refractivity contribution >= 4 is 17.5 Å². The number of nitrogens with one attached hydrogen (secondary N) is 1. The van der Waals surface area contributed by atoms with Gasteiger partial charge in [-0.1, -0.05) is 23.7 Å². The van der Waals surface area contributed by atoms with Gasteiger partial charge in [-0.25, -0.2) is 0 Å². The van der Waals surface area contributed by atoms with E-state index in [1.807, 2.05) is 0 Å². The van der Waals surface area contributed by atoms with Gasteiger partial charge in [-0.05, 0) is 25.2 Å². The Balaban J connectivity index is 1.51. The fraction of sp³-hybridized carbons (Fsp3) is 0.533. The molecule has 0 saturated carbocycles. The van der Waals surface area contributed by atoms with E-state index >= 15 is 0 Å². The van der Waals surface area contributed by atoms with E-state index in [1.54, 1.807) is 17.1 Å². The van der Waals surface area contributed by atoms with Crippen LogP contribution in [-0.2, 0) is 19.4 Å². The summed E-state index contributed by atoms with van der Waals surface area (Å²) in [6.07, 6.45) is 6.97. The minimum Gasteiger partial charge on any atom is -0.360 e. The summed E-state index contributed by atoms with van der Waals surface area (Å²) >= 11 is 5.80. The molecule has 0 bridgehead atoms. The molecule has 1 amide bonds. The molecule has 22 heavy (non-hydrogen) atoms. The highest BCUT2D eigenvalue weighted by Crippen LogP contribution is 2.27. The molecule has 0 spiro atoms. The van der Waals surface area contributed by atoms with Crippen LogP contribution in [0.15, 0.2) is 16.9 Å². The lowest BCUT2D eigenvalue weighted by molar-refractivity contribution is 0.0942. The number of aryl methyl sites for hydroxylation is 2. The van der Waals surface area contributed by atoms with Crippen LogP contribution in [0.2, 0.25) is 5.02 Å². The number of rotatable bonds is 5. The Morgan fingerprint density at radius 3 is 3.23 bits per heavy atom. The third-order valence-corrected chi connectivity index (χ3v) is 4.15. The zero-order chi connectivity index (χ0) is 15.5. The molecule has 2 aromatic rings. The van der Waals surface area contributed by atoms with E-state index in [1.165, 1.54) is 0 Å². The Kier molecular flexibility index (Phi) is 4.47. The van der Waals surface area contributed by atoms with Crippen molar-refractivity contribution in [2.75, 3.05) is 6.54 Å². The van der Waals surface area contributed by atoms with Crippen molar-refractivity contribution in [2.45, 2.75) is 39.2 Å². The molecule has 1 atom stereocenters. The topological polar surface area (TPSA) is 73.0 Å². The first-order valence-electron chi connectivity index (χ1n) is 7.57. The Hall–Kier alpha value is -1.82. The van der Waals surface area contributed by atoms with Crippen LogP contribution >= 0.6 is 11.6 Å². The smallest absolute Gasteiger partial charge is 0.273 e. The second-order valence-electron chi connectivity index (χ2n) is 5.81. The van der Waals surface area contributed by atoms with Crippen molar-refractivity contribution in [3.63, 3.8) is 0 Å². The second kappa shape index (κ2) is 6.52. The number of amides is 1. The van der Waals surface area contributed by atoms with Crippen LogP contribution in [0.3, 0.4) is 0 Å². The van der Waals surface area contributed by atoms with Gasteiger partial charge in [-0.2, -0.15) is 5.10 Å². The Morgan fingerprint density at radius 1 is 1.59 bits per heavy atom. The van der Waals surface area contributed by atoms with Crippen molar-refractivity contribution < 1.29 is 9.32 Å². The fourth-order valence-electron chi connectivity index (χ4n) is 2.74. The van der Waals surface area contributed by atoms with Gasteiger partial charge in [0.05, 0.1) is 11.2 Å². The van der Waals surface area contributed by atoms with E-state index in [9.17, 15) is 4.79 Å². The Labute approximate surface area is 133 Å². The van der Waals surface area contributed by atoms with Gasteiger partial charge in [0.1, 0.15) is 5.76 Å². The van der Waals surface area contributed by atoms with Gasteiger partial charge in [-0.3, -0.25) is 9.48 Å². The zero-order valence-electron chi connectivity index (χ0n) is 12.5. The maximum Gasteiger partial charge on any atom is 0.273 e. The van der Waals surface area contributed by atoms with Gasteiger partial charge in [0, 0.05) is 31.3 Å². The Bertz CT molecular complexity index is 664. The molecule has 0 radical (unpaired) electrons. The van der Waals surface area contributed by atoms with E-state index in [0.717, 1.165) is 37.0 Å². The first-order valence-corrected chi connectivity index (χ1v) is 7.95. The molecular formula is C15H19ClN4O2. The van der Waals surface area contributed by atoms with Crippen LogP contribution in [0, 0.1) is 5.92 Å². The first kappa shape index (κ1) is 15.1. The highest BCUT2D eigenvalue weighted by Gasteiger charge is 2.26. The van der Waals surface area contributed by atoms with Crippen LogP contribution in [0.5, 0.6) is 0 Å². The van der Waals surface area contributed by atoms with E-state index in [4.69, 9.17) is 16.1 Å². The van der Waals surface area contributed by atoms with E-state index < -0.39 is 0 Å². The number of hydrogen-bond donors (Lipinski definition) is 1. The number of nitrogens with zero attached hydrogens (tertiary/aromatic N) is 3. The maximum absolute atomic E-state index is 12.2. The quantitative estimate of drug-likeness (QED) is 0.858. The summed E-state index contributed by atoms with van der Waals surface area (Å²) in [6, 6.07) is 0. The lowest BCUT2D eigenvalue weighted by Crippen LogP contribution is -2.27. The number of carbonyl (C=O) groups is 1. The van der Waals surface area contributed by atoms with E-state index in [0.29, 0.717) is 29.7 Å². The highest BCUT2D eigenvalue weighted by molar-refractivity contribution is 6.30. The Morgan fingerprint density at radius 2 is 2.45 bits per heavy atom. The predicted octanol–water partition coefficient (Wildman–Crippen LogP) is 2.47. The monoisotopic (exact) mass is 322 g/mol. The molecule has 7 heteroatoms. The molecular weight excluding hydrogens is 304 g/mol. The molecule has 118 valence electrons. The molecule has 3 rings (SSSR count). The number of fused-ring (bicyclic) bond motifs is 1. The van der Waals surface area contributed by atoms with Crippen molar-refractivity contribution in [1.29, 1.82) is 0 Å². The minimum atomic E-state index is -0.155. The summed E-state index contributed by atoms with van der Waals surface area (Å²) < 4.78 is 7.05. The number of carbonyl (C=O) groups excluding carboxylic acids is 1. The summed E-state index contributed by atoms with van der Waals surface area (Å²) in [5.74, 6) is 1.29. The van der Waals surface area contributed by atoms with Crippen LogP contribution in [0.25, 0.3) is 0 Å². The average Bonchev–Trinajstić information content (AvgIpc) is 3.09. The van der Waals surface area contributed by atoms with Gasteiger partial charge < -0.3 is 9.84 Å². The largest absolute Gasteiger partial charge is 0.360 e. The summed E-state index contributed by atoms with van der Waals surface area (Å²) in [4.78, 5) is 12.2. The van der Waals surface area contributed by atoms with Crippen LogP contribution in [-0.4, -0.2) is 27.4 Å². The van der Waals surface area contributed by atoms with Gasteiger partial charge in [0.15, 0.2) is 5.69 Å². The molecule has 2 aromatic heterocycles. The van der Waals surface area contributed by atoms with Crippen molar-refractivity contribution in [2.24, 2.45) is 5.92 Å². The predicted molar refractivity (Wildman–Crippen MR) is 81.9 cm³/mol. The standard InChI is InChI=1S/C15H19ClN4O2/c1-10-3-4-13-12(7-10)14(19-22-13)15(21)17-5-2-6-20-9-11(16)8-18-20/h8-10H,2-7H2,1H3,(H,17,21). The molecule has 0 saturated heterocycles. The van der Waals surface area contributed by atoms with Crippen LogP contribution < -0.4 is 5.32 Å². The normalized spacial score (nSPS) is 17.3. The second-order valence-corrected chi connectivity index (χ2v) is 6.25. The third kappa shape index (κ3) is 3.32. The summed E-state index contributed by atoms with van der Waals surface area (Å²) in [5.41, 5.74) is 1.43. The van der Waals surface area contributed by atoms with Crippen molar-refractivity contribution in [3.8, 4) is 0 Å². The van der Waals surface area contributed by atoms with Gasteiger partial charge in [0.25, 0.3) is 5.91 Å². The molecule has 1 aliphatic carbocycles. The van der Waals surface area contributed by atoms with Gasteiger partial charge in [0.2, 0.25) is 0 Å². The van der Waals surface area contributed by atoms with E-state index in [2.05, 4.69) is 22.5 Å². The number of aromatic nitrogens is 3. The molecule has 1 unspecified atom stereocenters. The van der Waals surface area contributed by atoms with Crippen molar-refractivity contribution in [3.05, 3.63) is 34.4 Å². The fourth-order valence-corrected chi connectivity index (χ4v) is 2.90. The lowest BCUT2D eigenvalue weighted by atomic mass is 9.88. The zero-order valence-corrected chi connectivity index (χ0v) is 13.3. The highest BCUT2D eigenvalue weighted by atomic mass is 35.5. The maximum atomic E-state index is 12.2. The summed E-state index contributed by atoms with van der Waals surface area (Å²) in [6.45, 7) is 3.46. The molecule has 0 aliphatic heterocycles. The van der Waals surface area contributed by atoms with Gasteiger partial charge >= 0.3 is 0 Å². The van der Waals surface area contributed by atoms with E-state index in [-0.39, 0.29) is 5.91 Å². The molecule has 0 fully saturated rings. The lowest BCUT2D eigenvalue weighted by Gasteiger charge is -2.16. The third-order valence-electron chi connectivity index (χ3n) is 3.95. The molecule has 6 nitrogen and oxygen atoms in total. The molecule has 1 N–H and O–H groups in total. The van der Waals surface area contributed by atoms with Gasteiger partial charge in [-0.15, -0.1) is 0 Å². The first-order chi connectivity index (χ1) is 10.6. The number of halogens is 1. The number of hydrogen-bond acceptors (Lipinski definition) is 4. The van der Waals surface area contributed by atoms with Crippen molar-refractivity contribution in [1.82, 2.24) is 20.3 Å². The van der Waals surface area contributed by atoms with Crippen LogP contribution in [0.4, 0.5) is 0 Å². The molecule has 1 aliphatic rings. The minimum absolute atomic E-state index is 0.155.